The smallest absolute Gasteiger partial charge is 0.416 e. The van der Waals surface area contributed by atoms with Gasteiger partial charge in [0.15, 0.2) is 0 Å². The Labute approximate surface area is 170 Å². The Balaban J connectivity index is 0.00000190. The molecule has 1 aromatic carbocycles. The van der Waals surface area contributed by atoms with Gasteiger partial charge in [-0.1, -0.05) is 26.0 Å². The van der Waals surface area contributed by atoms with Crippen molar-refractivity contribution in [3.63, 3.8) is 0 Å². The first kappa shape index (κ1) is 24.6. The van der Waals surface area contributed by atoms with E-state index in [9.17, 15) is 18.0 Å². The largest absolute Gasteiger partial charge is 0.444 e. The Hall–Kier alpha value is -1.41. The minimum atomic E-state index is -4.31. The molecule has 0 N–H and O–H groups in total. The molecule has 1 atom stereocenters. The van der Waals surface area contributed by atoms with E-state index < -0.39 is 17.3 Å². The maximum absolute atomic E-state index is 12.5. The van der Waals surface area contributed by atoms with E-state index in [4.69, 9.17) is 8.92 Å². The molecule has 4 nitrogen and oxygen atoms in total. The first-order valence-corrected chi connectivity index (χ1v) is 10.3. The molecule has 0 spiro atoms. The summed E-state index contributed by atoms with van der Waals surface area (Å²) in [6.45, 7) is 11.1. The van der Waals surface area contributed by atoms with Crippen LogP contribution in [0.4, 0.5) is 18.0 Å². The first-order chi connectivity index (χ1) is 13.0. The third-order valence-electron chi connectivity index (χ3n) is 3.76. The van der Waals surface area contributed by atoms with Gasteiger partial charge in [0.25, 0.3) is 0 Å². The fraction of sp³-hybridized carbons (Fsp3) is 0.650. The third kappa shape index (κ3) is 8.73. The number of hydrogen-bond donors (Lipinski definition) is 0. The number of hydrogen-bond acceptors (Lipinski definition) is 4. The molecule has 1 fully saturated rings. The number of nitrogens with zero attached hydrogens (tertiary/aromatic N) is 1. The second kappa shape index (κ2) is 11.0. The van der Waals surface area contributed by atoms with Crippen molar-refractivity contribution in [2.75, 3.05) is 19.7 Å². The van der Waals surface area contributed by atoms with Crippen molar-refractivity contribution < 1.29 is 26.9 Å². The summed E-state index contributed by atoms with van der Waals surface area (Å²) in [6, 6.07) is 5.10. The normalized spacial score (nSPS) is 17.1. The predicted octanol–water partition coefficient (Wildman–Crippen LogP) is 5.95. The lowest BCUT2D eigenvalue weighted by Gasteiger charge is -2.24. The highest BCUT2D eigenvalue weighted by Crippen LogP contribution is 2.29. The van der Waals surface area contributed by atoms with Crippen LogP contribution in [0.2, 0.25) is 0 Å². The maximum atomic E-state index is 12.5. The van der Waals surface area contributed by atoms with Gasteiger partial charge < -0.3 is 13.8 Å². The Morgan fingerprint density at radius 1 is 1.18 bits per heavy atom. The summed E-state index contributed by atoms with van der Waals surface area (Å²) in [5, 5.41) is 0.176. The molecule has 1 saturated heterocycles. The van der Waals surface area contributed by atoms with Gasteiger partial charge in [0, 0.05) is 13.1 Å². The molecular formula is C20H30F3NO3S. The van der Waals surface area contributed by atoms with Crippen LogP contribution in [-0.4, -0.2) is 41.5 Å². The van der Waals surface area contributed by atoms with Crippen LogP contribution in [0, 0.1) is 0 Å². The summed E-state index contributed by atoms with van der Waals surface area (Å²) in [5.41, 5.74) is -0.370. The van der Waals surface area contributed by atoms with Gasteiger partial charge in [-0.2, -0.15) is 13.2 Å². The number of benzene rings is 1. The second-order valence-corrected chi connectivity index (χ2v) is 8.29. The number of amides is 1. The minimum Gasteiger partial charge on any atom is -0.444 e. The van der Waals surface area contributed by atoms with E-state index in [1.807, 2.05) is 34.6 Å². The molecular weight excluding hydrogens is 391 g/mol. The molecule has 0 bridgehead atoms. The van der Waals surface area contributed by atoms with Crippen LogP contribution in [0.3, 0.4) is 0 Å². The standard InChI is InChI=1S/C18H24F3NO3S.C2H6/c1-17(2,3)25-16(23)22-10-8-15(12-22)26-24-11-9-13-4-6-14(7-5-13)18(19,20)21;1-2/h4-7,15H,8-12H2,1-3H3;1-2H3. The van der Waals surface area contributed by atoms with Crippen molar-refractivity contribution in [3.8, 4) is 0 Å². The van der Waals surface area contributed by atoms with Crippen LogP contribution < -0.4 is 0 Å². The second-order valence-electron chi connectivity index (χ2n) is 7.20. The number of ether oxygens (including phenoxy) is 1. The van der Waals surface area contributed by atoms with Gasteiger partial charge >= 0.3 is 12.3 Å². The number of halogens is 3. The van der Waals surface area contributed by atoms with E-state index in [1.165, 1.54) is 24.2 Å². The number of carbonyl (C=O) groups excluding carboxylic acids is 1. The van der Waals surface area contributed by atoms with Crippen LogP contribution in [0.5, 0.6) is 0 Å². The SMILES string of the molecule is CC.CC(C)(C)OC(=O)N1CCC(SOCCc2ccc(C(F)(F)F)cc2)C1. The van der Waals surface area contributed by atoms with Gasteiger partial charge in [-0.05, 0) is 63.4 Å². The highest BCUT2D eigenvalue weighted by Gasteiger charge is 2.31. The van der Waals surface area contributed by atoms with E-state index in [0.29, 0.717) is 26.1 Å². The van der Waals surface area contributed by atoms with Gasteiger partial charge in [-0.25, -0.2) is 4.79 Å². The molecule has 8 heteroatoms. The van der Waals surface area contributed by atoms with Gasteiger partial charge in [0.1, 0.15) is 5.60 Å². The molecule has 160 valence electrons. The quantitative estimate of drug-likeness (QED) is 0.435. The van der Waals surface area contributed by atoms with E-state index in [-0.39, 0.29) is 11.3 Å². The van der Waals surface area contributed by atoms with E-state index in [0.717, 1.165) is 24.1 Å². The van der Waals surface area contributed by atoms with Crippen LogP contribution >= 0.6 is 12.0 Å². The van der Waals surface area contributed by atoms with Gasteiger partial charge in [-0.3, -0.25) is 0 Å². The van der Waals surface area contributed by atoms with Crippen molar-refractivity contribution in [2.45, 2.75) is 64.5 Å². The molecule has 0 saturated carbocycles. The lowest BCUT2D eigenvalue weighted by atomic mass is 10.1. The molecule has 1 heterocycles. The number of rotatable bonds is 5. The number of likely N-dealkylation sites (tertiary alicyclic amines) is 1. The summed E-state index contributed by atoms with van der Waals surface area (Å²) < 4.78 is 48.4. The fourth-order valence-electron chi connectivity index (χ4n) is 2.46. The van der Waals surface area contributed by atoms with Crippen molar-refractivity contribution in [3.05, 3.63) is 35.4 Å². The van der Waals surface area contributed by atoms with Crippen molar-refractivity contribution in [2.24, 2.45) is 0 Å². The molecule has 0 aromatic heterocycles. The van der Waals surface area contributed by atoms with Crippen LogP contribution in [0.1, 0.15) is 52.2 Å². The Morgan fingerprint density at radius 2 is 1.79 bits per heavy atom. The van der Waals surface area contributed by atoms with Crippen LogP contribution in [0.25, 0.3) is 0 Å². The highest BCUT2D eigenvalue weighted by molar-refractivity contribution is 7.95. The average Bonchev–Trinajstić information content (AvgIpc) is 3.08. The number of carbonyl (C=O) groups is 1. The Bertz CT molecular complexity index is 600. The zero-order valence-corrected chi connectivity index (χ0v) is 18.0. The molecule has 0 radical (unpaired) electrons. The topological polar surface area (TPSA) is 38.8 Å². The van der Waals surface area contributed by atoms with E-state index >= 15 is 0 Å². The zero-order valence-electron chi connectivity index (χ0n) is 17.1. The van der Waals surface area contributed by atoms with Crippen molar-refractivity contribution >= 4 is 18.1 Å². The molecule has 2 rings (SSSR count). The maximum Gasteiger partial charge on any atom is 0.416 e. The molecule has 1 aliphatic heterocycles. The third-order valence-corrected chi connectivity index (χ3v) is 4.72. The Morgan fingerprint density at radius 3 is 2.32 bits per heavy atom. The van der Waals surface area contributed by atoms with Gasteiger partial charge in [0.2, 0.25) is 0 Å². The highest BCUT2D eigenvalue weighted by atomic mass is 32.2. The zero-order chi connectivity index (χ0) is 21.4. The fourth-order valence-corrected chi connectivity index (χ4v) is 3.28. The van der Waals surface area contributed by atoms with Gasteiger partial charge in [-0.15, -0.1) is 0 Å². The van der Waals surface area contributed by atoms with Crippen LogP contribution in [-0.2, 0) is 21.5 Å². The number of alkyl halides is 3. The summed E-state index contributed by atoms with van der Waals surface area (Å²) in [5.74, 6) is 0. The van der Waals surface area contributed by atoms with E-state index in [2.05, 4.69) is 0 Å². The Kier molecular flexibility index (Phi) is 9.63. The summed E-state index contributed by atoms with van der Waals surface area (Å²) in [6.07, 6.45) is -3.27. The first-order valence-electron chi connectivity index (χ1n) is 9.47. The monoisotopic (exact) mass is 421 g/mol. The lowest BCUT2D eigenvalue weighted by Crippen LogP contribution is -2.35. The molecule has 1 aromatic rings. The van der Waals surface area contributed by atoms with Crippen LogP contribution in [0.15, 0.2) is 24.3 Å². The molecule has 1 amide bonds. The summed E-state index contributed by atoms with van der Waals surface area (Å²) in [7, 11) is 0. The molecule has 0 aliphatic carbocycles. The van der Waals surface area contributed by atoms with Crippen molar-refractivity contribution in [1.29, 1.82) is 0 Å². The predicted molar refractivity (Wildman–Crippen MR) is 106 cm³/mol. The van der Waals surface area contributed by atoms with E-state index in [1.54, 1.807) is 4.90 Å². The minimum absolute atomic E-state index is 0.176. The lowest BCUT2D eigenvalue weighted by molar-refractivity contribution is -0.137. The van der Waals surface area contributed by atoms with Gasteiger partial charge in [0.05, 0.1) is 17.4 Å². The van der Waals surface area contributed by atoms with Crippen molar-refractivity contribution in [1.82, 2.24) is 4.90 Å². The molecule has 28 heavy (non-hydrogen) atoms. The molecule has 1 aliphatic rings. The average molecular weight is 422 g/mol. The summed E-state index contributed by atoms with van der Waals surface area (Å²) >= 11 is 1.32. The molecule has 1 unspecified atom stereocenters. The summed E-state index contributed by atoms with van der Waals surface area (Å²) in [4.78, 5) is 13.7.